The molecule has 6 nitrogen and oxygen atoms in total. The Morgan fingerprint density at radius 2 is 2.04 bits per heavy atom. The number of likely N-dealkylation sites (tertiary alicyclic amines) is 1. The summed E-state index contributed by atoms with van der Waals surface area (Å²) in [6.45, 7) is 8.71. The van der Waals surface area contributed by atoms with Crippen LogP contribution in [0.1, 0.15) is 56.5 Å². The lowest BCUT2D eigenvalue weighted by molar-refractivity contribution is 0.0573. The van der Waals surface area contributed by atoms with E-state index in [-0.39, 0.29) is 17.7 Å². The fourth-order valence-corrected chi connectivity index (χ4v) is 5.05. The van der Waals surface area contributed by atoms with Gasteiger partial charge in [-0.25, -0.2) is 13.1 Å². The fourth-order valence-electron chi connectivity index (χ4n) is 3.42. The highest BCUT2D eigenvalue weighted by atomic mass is 32.2. The molecule has 2 atom stereocenters. The van der Waals surface area contributed by atoms with Gasteiger partial charge in [-0.2, -0.15) is 0 Å². The summed E-state index contributed by atoms with van der Waals surface area (Å²) in [4.78, 5) is 14.8. The molecule has 1 aromatic carbocycles. The molecular weight excluding hydrogens is 350 g/mol. The Bertz CT molecular complexity index is 741. The molecule has 26 heavy (non-hydrogen) atoms. The average molecular weight is 382 g/mol. The molecule has 1 fully saturated rings. The number of rotatable bonds is 5. The van der Waals surface area contributed by atoms with Crippen LogP contribution in [0, 0.1) is 5.92 Å². The van der Waals surface area contributed by atoms with Gasteiger partial charge in [-0.3, -0.25) is 4.79 Å². The van der Waals surface area contributed by atoms with Crippen molar-refractivity contribution in [1.82, 2.24) is 9.62 Å². The molecule has 2 unspecified atom stereocenters. The molecule has 0 spiro atoms. The SMILES string of the molecule is CC1CCN(C(=O)c2cccc(CS(=O)(=O)NC(C)(C)C)c2)C(CN)C1. The predicted molar refractivity (Wildman–Crippen MR) is 104 cm³/mol. The summed E-state index contributed by atoms with van der Waals surface area (Å²) in [5.41, 5.74) is 6.44. The number of nitrogens with two attached hydrogens (primary N) is 1. The molecule has 0 bridgehead atoms. The van der Waals surface area contributed by atoms with Gasteiger partial charge >= 0.3 is 0 Å². The highest BCUT2D eigenvalue weighted by molar-refractivity contribution is 7.88. The van der Waals surface area contributed by atoms with E-state index in [1.54, 1.807) is 45.0 Å². The van der Waals surface area contributed by atoms with Crippen molar-refractivity contribution in [2.24, 2.45) is 11.7 Å². The summed E-state index contributed by atoms with van der Waals surface area (Å²) < 4.78 is 27.3. The summed E-state index contributed by atoms with van der Waals surface area (Å²) in [6.07, 6.45) is 1.87. The zero-order valence-electron chi connectivity index (χ0n) is 16.2. The van der Waals surface area contributed by atoms with Gasteiger partial charge in [0.25, 0.3) is 5.91 Å². The molecule has 0 aliphatic carbocycles. The normalized spacial score (nSPS) is 21.7. The zero-order chi connectivity index (χ0) is 19.5. The van der Waals surface area contributed by atoms with Crippen molar-refractivity contribution in [3.63, 3.8) is 0 Å². The molecular formula is C19H31N3O3S. The standard InChI is InChI=1S/C19H31N3O3S/c1-14-8-9-22(17(10-14)12-20)18(23)16-7-5-6-15(11-16)13-26(24,25)21-19(2,3)4/h5-7,11,14,17,21H,8-10,12-13,20H2,1-4H3. The number of piperidine rings is 1. The monoisotopic (exact) mass is 381 g/mol. The van der Waals surface area contributed by atoms with Crippen LogP contribution in [-0.2, 0) is 15.8 Å². The quantitative estimate of drug-likeness (QED) is 0.817. The number of amides is 1. The largest absolute Gasteiger partial charge is 0.334 e. The smallest absolute Gasteiger partial charge is 0.254 e. The Morgan fingerprint density at radius 1 is 1.35 bits per heavy atom. The van der Waals surface area contributed by atoms with Gasteiger partial charge in [0.15, 0.2) is 0 Å². The third-order valence-corrected chi connectivity index (χ3v) is 6.14. The Balaban J connectivity index is 2.17. The summed E-state index contributed by atoms with van der Waals surface area (Å²) >= 11 is 0. The highest BCUT2D eigenvalue weighted by Crippen LogP contribution is 2.24. The number of nitrogens with zero attached hydrogens (tertiary/aromatic N) is 1. The van der Waals surface area contributed by atoms with Crippen LogP contribution < -0.4 is 10.5 Å². The minimum absolute atomic E-state index is 0.0428. The lowest BCUT2D eigenvalue weighted by Crippen LogP contribution is -2.49. The van der Waals surface area contributed by atoms with Gasteiger partial charge in [-0.1, -0.05) is 19.1 Å². The van der Waals surface area contributed by atoms with Crippen LogP contribution in [0.3, 0.4) is 0 Å². The molecule has 1 aromatic rings. The van der Waals surface area contributed by atoms with E-state index in [0.29, 0.717) is 30.1 Å². The first kappa shape index (κ1) is 20.9. The Hall–Kier alpha value is -1.44. The number of carbonyl (C=O) groups is 1. The second-order valence-electron chi connectivity index (χ2n) is 8.33. The molecule has 7 heteroatoms. The molecule has 2 rings (SSSR count). The van der Waals surface area contributed by atoms with Crippen molar-refractivity contribution in [1.29, 1.82) is 0 Å². The predicted octanol–water partition coefficient (Wildman–Crippen LogP) is 2.10. The van der Waals surface area contributed by atoms with Crippen LogP contribution >= 0.6 is 0 Å². The van der Waals surface area contributed by atoms with Crippen molar-refractivity contribution < 1.29 is 13.2 Å². The molecule has 3 N–H and O–H groups in total. The Kier molecular flexibility index (Phi) is 6.47. The fraction of sp³-hybridized carbons (Fsp3) is 0.632. The molecule has 1 aliphatic heterocycles. The summed E-state index contributed by atoms with van der Waals surface area (Å²) in [7, 11) is -3.48. The summed E-state index contributed by atoms with van der Waals surface area (Å²) in [5, 5.41) is 0. The van der Waals surface area contributed by atoms with E-state index < -0.39 is 15.6 Å². The van der Waals surface area contributed by atoms with Crippen molar-refractivity contribution in [3.8, 4) is 0 Å². The molecule has 0 aromatic heterocycles. The average Bonchev–Trinajstić information content (AvgIpc) is 2.51. The van der Waals surface area contributed by atoms with E-state index in [2.05, 4.69) is 11.6 Å². The lowest BCUT2D eigenvalue weighted by atomic mass is 9.92. The molecule has 1 aliphatic rings. The first-order chi connectivity index (χ1) is 12.0. The number of carbonyl (C=O) groups excluding carboxylic acids is 1. The Morgan fingerprint density at radius 3 is 2.65 bits per heavy atom. The van der Waals surface area contributed by atoms with Gasteiger partial charge in [0.2, 0.25) is 10.0 Å². The van der Waals surface area contributed by atoms with E-state index >= 15 is 0 Å². The second kappa shape index (κ2) is 8.06. The van der Waals surface area contributed by atoms with Crippen LogP contribution in [0.15, 0.2) is 24.3 Å². The van der Waals surface area contributed by atoms with Crippen LogP contribution in [0.5, 0.6) is 0 Å². The molecule has 0 radical (unpaired) electrons. The number of nitrogens with one attached hydrogen (secondary N) is 1. The van der Waals surface area contributed by atoms with Gasteiger partial charge in [0, 0.05) is 30.2 Å². The van der Waals surface area contributed by atoms with Gasteiger partial charge in [0.1, 0.15) is 0 Å². The van der Waals surface area contributed by atoms with Crippen LogP contribution in [-0.4, -0.2) is 43.9 Å². The number of hydrogen-bond donors (Lipinski definition) is 2. The molecule has 1 heterocycles. The molecule has 0 saturated carbocycles. The van der Waals surface area contributed by atoms with E-state index in [9.17, 15) is 13.2 Å². The third kappa shape index (κ3) is 5.79. The van der Waals surface area contributed by atoms with E-state index in [1.165, 1.54) is 0 Å². The highest BCUT2D eigenvalue weighted by Gasteiger charge is 2.29. The molecule has 146 valence electrons. The van der Waals surface area contributed by atoms with Gasteiger partial charge in [-0.15, -0.1) is 0 Å². The maximum Gasteiger partial charge on any atom is 0.254 e. The maximum atomic E-state index is 12.9. The van der Waals surface area contributed by atoms with Gasteiger partial charge in [0.05, 0.1) is 5.75 Å². The lowest BCUT2D eigenvalue weighted by Gasteiger charge is -2.38. The van der Waals surface area contributed by atoms with E-state index in [1.807, 2.05) is 4.90 Å². The van der Waals surface area contributed by atoms with Crippen molar-refractivity contribution in [3.05, 3.63) is 35.4 Å². The van der Waals surface area contributed by atoms with Crippen molar-refractivity contribution in [2.45, 2.75) is 57.9 Å². The minimum Gasteiger partial charge on any atom is -0.334 e. The van der Waals surface area contributed by atoms with Crippen molar-refractivity contribution in [2.75, 3.05) is 13.1 Å². The number of hydrogen-bond acceptors (Lipinski definition) is 4. The van der Waals surface area contributed by atoms with Crippen LogP contribution in [0.2, 0.25) is 0 Å². The second-order valence-corrected chi connectivity index (χ2v) is 10.1. The molecule has 1 saturated heterocycles. The first-order valence-electron chi connectivity index (χ1n) is 9.12. The van der Waals surface area contributed by atoms with E-state index in [4.69, 9.17) is 5.73 Å². The topological polar surface area (TPSA) is 92.5 Å². The zero-order valence-corrected chi connectivity index (χ0v) is 17.0. The van der Waals surface area contributed by atoms with Crippen LogP contribution in [0.25, 0.3) is 0 Å². The number of sulfonamides is 1. The Labute approximate surface area is 157 Å². The van der Waals surface area contributed by atoms with Gasteiger partial charge in [-0.05, 0) is 57.2 Å². The van der Waals surface area contributed by atoms with Crippen LogP contribution in [0.4, 0.5) is 0 Å². The number of benzene rings is 1. The van der Waals surface area contributed by atoms with Crippen molar-refractivity contribution >= 4 is 15.9 Å². The minimum atomic E-state index is -3.48. The third-order valence-electron chi connectivity index (χ3n) is 4.50. The van der Waals surface area contributed by atoms with E-state index in [0.717, 1.165) is 12.8 Å². The van der Waals surface area contributed by atoms with Gasteiger partial charge < -0.3 is 10.6 Å². The first-order valence-corrected chi connectivity index (χ1v) is 10.8. The summed E-state index contributed by atoms with van der Waals surface area (Å²) in [6, 6.07) is 6.93. The maximum absolute atomic E-state index is 12.9. The summed E-state index contributed by atoms with van der Waals surface area (Å²) in [5.74, 6) is 0.339. The molecule has 1 amide bonds.